The summed E-state index contributed by atoms with van der Waals surface area (Å²) in [7, 11) is 0. The molecular formula is C19H25N3O2. The van der Waals surface area contributed by atoms with E-state index in [1.807, 2.05) is 12.1 Å². The third-order valence-corrected chi connectivity index (χ3v) is 6.01. The zero-order chi connectivity index (χ0) is 16.6. The predicted octanol–water partition coefficient (Wildman–Crippen LogP) is 3.28. The van der Waals surface area contributed by atoms with Gasteiger partial charge in [0.05, 0.1) is 11.6 Å². The zero-order valence-electron chi connectivity index (χ0n) is 13.9. The van der Waals surface area contributed by atoms with Gasteiger partial charge in [-0.1, -0.05) is 18.6 Å². The first kappa shape index (κ1) is 15.5. The quantitative estimate of drug-likeness (QED) is 0.797. The Labute approximate surface area is 142 Å². The highest BCUT2D eigenvalue weighted by Crippen LogP contribution is 2.39. The number of hydrogen-bond acceptors (Lipinski definition) is 2. The minimum atomic E-state index is -0.208. The molecule has 3 fully saturated rings. The summed E-state index contributed by atoms with van der Waals surface area (Å²) in [6.07, 6.45) is 8.13. The van der Waals surface area contributed by atoms with Gasteiger partial charge >= 0.3 is 6.03 Å². The van der Waals surface area contributed by atoms with E-state index in [1.165, 1.54) is 24.8 Å². The molecule has 24 heavy (non-hydrogen) atoms. The summed E-state index contributed by atoms with van der Waals surface area (Å²) < 4.78 is 0. The zero-order valence-corrected chi connectivity index (χ0v) is 13.9. The van der Waals surface area contributed by atoms with Gasteiger partial charge in [-0.3, -0.25) is 4.79 Å². The van der Waals surface area contributed by atoms with Gasteiger partial charge in [-0.05, 0) is 62.1 Å². The largest absolute Gasteiger partial charge is 0.349 e. The number of piperidine rings is 1. The summed E-state index contributed by atoms with van der Waals surface area (Å²) in [5.41, 5.74) is 1.98. The van der Waals surface area contributed by atoms with Gasteiger partial charge in [0.25, 0.3) is 0 Å². The first-order chi connectivity index (χ1) is 11.6. The minimum absolute atomic E-state index is 0.0261. The Hall–Kier alpha value is -2.04. The normalized spacial score (nSPS) is 25.3. The molecule has 1 aromatic carbocycles. The molecule has 5 heteroatoms. The molecule has 0 bridgehead atoms. The topological polar surface area (TPSA) is 70.2 Å². The molecule has 1 spiro atoms. The molecule has 3 amide bonds. The van der Waals surface area contributed by atoms with Crippen LogP contribution in [0.5, 0.6) is 0 Å². The van der Waals surface area contributed by atoms with E-state index in [-0.39, 0.29) is 23.5 Å². The average Bonchev–Trinajstić information content (AvgIpc) is 2.47. The second kappa shape index (κ2) is 6.11. The van der Waals surface area contributed by atoms with Crippen LogP contribution >= 0.6 is 0 Å². The summed E-state index contributed by atoms with van der Waals surface area (Å²) >= 11 is 0. The van der Waals surface area contributed by atoms with E-state index < -0.39 is 0 Å². The molecule has 1 aromatic rings. The number of carbonyl (C=O) groups excluding carboxylic acids is 2. The van der Waals surface area contributed by atoms with Gasteiger partial charge in [0.2, 0.25) is 5.91 Å². The first-order valence-electron chi connectivity index (χ1n) is 9.13. The van der Waals surface area contributed by atoms with E-state index in [9.17, 15) is 9.59 Å². The molecule has 0 aromatic heterocycles. The number of benzene rings is 1. The molecular weight excluding hydrogens is 302 g/mol. The van der Waals surface area contributed by atoms with Crippen LogP contribution in [0.1, 0.15) is 62.8 Å². The van der Waals surface area contributed by atoms with Crippen LogP contribution in [0.25, 0.3) is 0 Å². The highest BCUT2D eigenvalue weighted by Gasteiger charge is 2.48. The minimum Gasteiger partial charge on any atom is -0.349 e. The third-order valence-electron chi connectivity index (χ3n) is 6.01. The van der Waals surface area contributed by atoms with Crippen LogP contribution in [0.3, 0.4) is 0 Å². The molecule has 3 N–H and O–H groups in total. The average molecular weight is 327 g/mol. The number of urea groups is 1. The molecule has 128 valence electrons. The van der Waals surface area contributed by atoms with Crippen LogP contribution in [0.15, 0.2) is 24.3 Å². The highest BCUT2D eigenvalue weighted by atomic mass is 16.2. The van der Waals surface area contributed by atoms with Crippen LogP contribution in [0, 0.1) is 0 Å². The first-order valence-corrected chi connectivity index (χ1v) is 9.13. The van der Waals surface area contributed by atoms with E-state index >= 15 is 0 Å². The van der Waals surface area contributed by atoms with Gasteiger partial charge in [0, 0.05) is 12.1 Å². The van der Waals surface area contributed by atoms with Crippen molar-refractivity contribution in [2.75, 3.05) is 5.32 Å². The molecule has 3 aliphatic rings. The molecule has 1 aliphatic heterocycles. The number of hydrogen-bond donors (Lipinski definition) is 3. The summed E-state index contributed by atoms with van der Waals surface area (Å²) in [5, 5.41) is 9.10. The van der Waals surface area contributed by atoms with Crippen molar-refractivity contribution >= 4 is 17.6 Å². The van der Waals surface area contributed by atoms with Gasteiger partial charge in [-0.25, -0.2) is 4.79 Å². The monoisotopic (exact) mass is 327 g/mol. The fourth-order valence-corrected chi connectivity index (χ4v) is 4.13. The van der Waals surface area contributed by atoms with Crippen molar-refractivity contribution in [1.82, 2.24) is 10.6 Å². The van der Waals surface area contributed by atoms with Crippen LogP contribution in [-0.4, -0.2) is 23.5 Å². The van der Waals surface area contributed by atoms with Crippen LogP contribution < -0.4 is 16.0 Å². The van der Waals surface area contributed by atoms with Crippen molar-refractivity contribution in [2.24, 2.45) is 0 Å². The SMILES string of the molecule is O=C1CCC(NC(=O)Nc2ccc(C3CCC3)cc2)C2(CCC2)N1. The summed E-state index contributed by atoms with van der Waals surface area (Å²) in [5.74, 6) is 0.817. The third kappa shape index (κ3) is 2.87. The number of anilines is 1. The fraction of sp³-hybridized carbons (Fsp3) is 0.579. The van der Waals surface area contributed by atoms with Crippen molar-refractivity contribution in [2.45, 2.75) is 68.9 Å². The Balaban J connectivity index is 1.35. The summed E-state index contributed by atoms with van der Waals surface area (Å²) in [4.78, 5) is 24.0. The predicted molar refractivity (Wildman–Crippen MR) is 92.9 cm³/mol. The summed E-state index contributed by atoms with van der Waals surface area (Å²) in [6.45, 7) is 0. The number of amides is 3. The molecule has 1 saturated heterocycles. The molecule has 0 radical (unpaired) electrons. The van der Waals surface area contributed by atoms with Crippen LogP contribution in [0.2, 0.25) is 0 Å². The lowest BCUT2D eigenvalue weighted by atomic mass is 9.68. The highest BCUT2D eigenvalue weighted by molar-refractivity contribution is 5.90. The lowest BCUT2D eigenvalue weighted by Gasteiger charge is -2.50. The molecule has 2 aliphatic carbocycles. The molecule has 5 nitrogen and oxygen atoms in total. The molecule has 1 atom stereocenters. The maximum Gasteiger partial charge on any atom is 0.319 e. The van der Waals surface area contributed by atoms with Crippen molar-refractivity contribution in [3.8, 4) is 0 Å². The second-order valence-corrected chi connectivity index (χ2v) is 7.50. The lowest BCUT2D eigenvalue weighted by Crippen LogP contribution is -2.68. The Kier molecular flexibility index (Phi) is 3.94. The maximum atomic E-state index is 12.3. The van der Waals surface area contributed by atoms with E-state index in [0.29, 0.717) is 12.3 Å². The van der Waals surface area contributed by atoms with E-state index in [0.717, 1.165) is 31.4 Å². The Morgan fingerprint density at radius 2 is 1.83 bits per heavy atom. The molecule has 2 saturated carbocycles. The standard InChI is InChI=1S/C19H25N3O2/c23-17-10-9-16(19(22-17)11-2-12-19)21-18(24)20-15-7-5-14(6-8-15)13-3-1-4-13/h5-8,13,16H,1-4,9-12H2,(H,22,23)(H2,20,21,24). The Bertz CT molecular complexity index is 633. The second-order valence-electron chi connectivity index (χ2n) is 7.50. The van der Waals surface area contributed by atoms with Crippen molar-refractivity contribution in [1.29, 1.82) is 0 Å². The molecule has 1 heterocycles. The van der Waals surface area contributed by atoms with E-state index in [2.05, 4.69) is 28.1 Å². The maximum absolute atomic E-state index is 12.3. The molecule has 1 unspecified atom stereocenters. The number of nitrogens with one attached hydrogen (secondary N) is 3. The molecule has 4 rings (SSSR count). The van der Waals surface area contributed by atoms with Gasteiger partial charge < -0.3 is 16.0 Å². The summed E-state index contributed by atoms with van der Waals surface area (Å²) in [6, 6.07) is 8.04. The van der Waals surface area contributed by atoms with Gasteiger partial charge in [-0.15, -0.1) is 0 Å². The van der Waals surface area contributed by atoms with Crippen molar-refractivity contribution in [3.63, 3.8) is 0 Å². The Morgan fingerprint density at radius 1 is 1.08 bits per heavy atom. The number of carbonyl (C=O) groups is 2. The van der Waals surface area contributed by atoms with Gasteiger partial charge in [0.1, 0.15) is 0 Å². The van der Waals surface area contributed by atoms with Crippen molar-refractivity contribution < 1.29 is 9.59 Å². The van der Waals surface area contributed by atoms with Crippen LogP contribution in [-0.2, 0) is 4.79 Å². The van der Waals surface area contributed by atoms with Crippen LogP contribution in [0.4, 0.5) is 10.5 Å². The van der Waals surface area contributed by atoms with Gasteiger partial charge in [-0.2, -0.15) is 0 Å². The Morgan fingerprint density at radius 3 is 2.42 bits per heavy atom. The van der Waals surface area contributed by atoms with E-state index in [4.69, 9.17) is 0 Å². The van der Waals surface area contributed by atoms with Gasteiger partial charge in [0.15, 0.2) is 0 Å². The lowest BCUT2D eigenvalue weighted by molar-refractivity contribution is -0.127. The fourth-order valence-electron chi connectivity index (χ4n) is 4.13. The van der Waals surface area contributed by atoms with E-state index in [1.54, 1.807) is 0 Å². The number of rotatable bonds is 3. The van der Waals surface area contributed by atoms with Crippen molar-refractivity contribution in [3.05, 3.63) is 29.8 Å². The smallest absolute Gasteiger partial charge is 0.319 e.